The van der Waals surface area contributed by atoms with Crippen molar-refractivity contribution in [3.63, 3.8) is 0 Å². The van der Waals surface area contributed by atoms with E-state index >= 15 is 0 Å². The van der Waals surface area contributed by atoms with E-state index in [1.807, 2.05) is 12.1 Å². The Balaban J connectivity index is 1.37. The number of amides is 2. The molecule has 3 aromatic rings. The van der Waals surface area contributed by atoms with Gasteiger partial charge in [-0.25, -0.2) is 0 Å². The monoisotopic (exact) mass is 391 g/mol. The third-order valence-corrected chi connectivity index (χ3v) is 4.02. The van der Waals surface area contributed by atoms with Gasteiger partial charge in [0.1, 0.15) is 0 Å². The van der Waals surface area contributed by atoms with Gasteiger partial charge in [0.05, 0.1) is 0 Å². The Morgan fingerprint density at radius 3 is 2.24 bits per heavy atom. The molecule has 2 amide bonds. The molecule has 9 nitrogen and oxygen atoms in total. The van der Waals surface area contributed by atoms with Crippen molar-refractivity contribution in [1.82, 2.24) is 10.2 Å². The smallest absolute Gasteiger partial charge is 0.257 e. The van der Waals surface area contributed by atoms with Crippen LogP contribution in [-0.2, 0) is 4.79 Å². The fourth-order valence-electron chi connectivity index (χ4n) is 2.68. The van der Waals surface area contributed by atoms with E-state index in [1.165, 1.54) is 6.92 Å². The summed E-state index contributed by atoms with van der Waals surface area (Å²) in [6.07, 6.45) is 0. The van der Waals surface area contributed by atoms with E-state index in [4.69, 9.17) is 9.47 Å². The maximum atomic E-state index is 12.4. The molecular weight excluding hydrogens is 374 g/mol. The minimum atomic E-state index is -0.327. The first-order valence-electron chi connectivity index (χ1n) is 8.76. The summed E-state index contributed by atoms with van der Waals surface area (Å²) < 4.78 is 10.5. The van der Waals surface area contributed by atoms with Gasteiger partial charge >= 0.3 is 0 Å². The van der Waals surface area contributed by atoms with Crippen molar-refractivity contribution >= 4 is 34.8 Å². The lowest BCUT2D eigenvalue weighted by Crippen LogP contribution is -2.13. The molecule has 0 spiro atoms. The van der Waals surface area contributed by atoms with E-state index in [9.17, 15) is 9.59 Å². The van der Waals surface area contributed by atoms with Gasteiger partial charge in [-0.1, -0.05) is 0 Å². The second-order valence-electron chi connectivity index (χ2n) is 6.21. The van der Waals surface area contributed by atoms with Crippen molar-refractivity contribution in [2.75, 3.05) is 22.7 Å². The van der Waals surface area contributed by atoms with Crippen LogP contribution < -0.4 is 25.4 Å². The van der Waals surface area contributed by atoms with Gasteiger partial charge in [0.25, 0.3) is 5.91 Å². The molecule has 0 fully saturated rings. The van der Waals surface area contributed by atoms with Crippen LogP contribution in [0.25, 0.3) is 0 Å². The van der Waals surface area contributed by atoms with Crippen molar-refractivity contribution in [1.29, 1.82) is 0 Å². The average molecular weight is 391 g/mol. The Hall–Kier alpha value is -4.14. The zero-order valence-corrected chi connectivity index (χ0v) is 15.4. The van der Waals surface area contributed by atoms with Crippen LogP contribution in [-0.4, -0.2) is 28.8 Å². The first-order valence-corrected chi connectivity index (χ1v) is 8.76. The molecule has 1 aromatic heterocycles. The number of rotatable bonds is 5. The van der Waals surface area contributed by atoms with Gasteiger partial charge in [-0.2, -0.15) is 0 Å². The molecule has 3 N–H and O–H groups in total. The Labute approximate surface area is 166 Å². The summed E-state index contributed by atoms with van der Waals surface area (Å²) >= 11 is 0. The van der Waals surface area contributed by atoms with Crippen molar-refractivity contribution < 1.29 is 19.1 Å². The number of aromatic nitrogens is 2. The van der Waals surface area contributed by atoms with E-state index in [1.54, 1.807) is 42.5 Å². The fraction of sp³-hybridized carbons (Fsp3) is 0.100. The van der Waals surface area contributed by atoms with Gasteiger partial charge in [-0.3, -0.25) is 9.59 Å². The molecule has 0 saturated heterocycles. The van der Waals surface area contributed by atoms with E-state index in [0.29, 0.717) is 34.4 Å². The van der Waals surface area contributed by atoms with Gasteiger partial charge in [-0.05, 0) is 54.6 Å². The standard InChI is InChI=1S/C20H17N5O4/c1-12(26)21-14-3-5-15(6-4-14)22-18-8-9-19(25-24-18)23-20(27)13-2-7-16-17(10-13)29-11-28-16/h2-10H,11H2,1H3,(H,21,26)(H,22,24)(H,23,25,27). The lowest BCUT2D eigenvalue weighted by Gasteiger charge is -2.08. The summed E-state index contributed by atoms with van der Waals surface area (Å²) in [6.45, 7) is 1.60. The molecule has 0 aliphatic carbocycles. The Morgan fingerprint density at radius 2 is 1.52 bits per heavy atom. The third-order valence-electron chi connectivity index (χ3n) is 4.02. The van der Waals surface area contributed by atoms with E-state index in [-0.39, 0.29) is 18.6 Å². The van der Waals surface area contributed by atoms with Crippen LogP contribution >= 0.6 is 0 Å². The number of carbonyl (C=O) groups excluding carboxylic acids is 2. The van der Waals surface area contributed by atoms with Crippen molar-refractivity contribution in [3.8, 4) is 11.5 Å². The van der Waals surface area contributed by atoms with Crippen LogP contribution in [0.15, 0.2) is 54.6 Å². The summed E-state index contributed by atoms with van der Waals surface area (Å²) in [4.78, 5) is 23.4. The van der Waals surface area contributed by atoms with Crippen LogP contribution in [0.2, 0.25) is 0 Å². The lowest BCUT2D eigenvalue weighted by atomic mass is 10.2. The van der Waals surface area contributed by atoms with Crippen molar-refractivity contribution in [2.24, 2.45) is 0 Å². The van der Waals surface area contributed by atoms with Crippen LogP contribution in [0.5, 0.6) is 11.5 Å². The van der Waals surface area contributed by atoms with Crippen LogP contribution in [0.4, 0.5) is 23.0 Å². The molecule has 4 rings (SSSR count). The molecule has 0 bridgehead atoms. The molecule has 0 radical (unpaired) electrons. The number of hydrogen-bond donors (Lipinski definition) is 3. The highest BCUT2D eigenvalue weighted by Crippen LogP contribution is 2.32. The minimum Gasteiger partial charge on any atom is -0.454 e. The van der Waals surface area contributed by atoms with Gasteiger partial charge < -0.3 is 25.4 Å². The first-order chi connectivity index (χ1) is 14.1. The largest absolute Gasteiger partial charge is 0.454 e. The molecule has 0 atom stereocenters. The molecule has 2 heterocycles. The van der Waals surface area contributed by atoms with Crippen LogP contribution in [0.1, 0.15) is 17.3 Å². The molecule has 1 aliphatic heterocycles. The molecular formula is C20H17N5O4. The highest BCUT2D eigenvalue weighted by atomic mass is 16.7. The number of anilines is 4. The Bertz CT molecular complexity index is 1050. The van der Waals surface area contributed by atoms with Gasteiger partial charge in [0.2, 0.25) is 12.7 Å². The minimum absolute atomic E-state index is 0.130. The average Bonchev–Trinajstić information content (AvgIpc) is 3.18. The molecule has 146 valence electrons. The van der Waals surface area contributed by atoms with Gasteiger partial charge in [-0.15, -0.1) is 10.2 Å². The van der Waals surface area contributed by atoms with Gasteiger partial charge in [0, 0.05) is 23.9 Å². The third kappa shape index (κ3) is 4.41. The number of nitrogens with zero attached hydrogens (tertiary/aromatic N) is 2. The summed E-state index contributed by atoms with van der Waals surface area (Å²) in [5.41, 5.74) is 1.92. The Kier molecular flexibility index (Phi) is 4.93. The summed E-state index contributed by atoms with van der Waals surface area (Å²) in [5, 5.41) is 16.6. The second-order valence-corrected chi connectivity index (χ2v) is 6.21. The van der Waals surface area contributed by atoms with Gasteiger partial charge in [0.15, 0.2) is 23.1 Å². The zero-order valence-electron chi connectivity index (χ0n) is 15.4. The SMILES string of the molecule is CC(=O)Nc1ccc(Nc2ccc(NC(=O)c3ccc4c(c3)OCO4)nn2)cc1. The van der Waals surface area contributed by atoms with Crippen molar-refractivity contribution in [2.45, 2.75) is 6.92 Å². The van der Waals surface area contributed by atoms with Crippen molar-refractivity contribution in [3.05, 3.63) is 60.2 Å². The topological polar surface area (TPSA) is 114 Å². The molecule has 0 saturated carbocycles. The summed E-state index contributed by atoms with van der Waals surface area (Å²) in [6, 6.07) is 15.5. The molecule has 29 heavy (non-hydrogen) atoms. The predicted molar refractivity (Wildman–Crippen MR) is 107 cm³/mol. The number of benzene rings is 2. The molecule has 1 aliphatic rings. The molecule has 0 unspecified atom stereocenters. The van der Waals surface area contributed by atoms with Crippen LogP contribution in [0, 0.1) is 0 Å². The molecule has 9 heteroatoms. The van der Waals surface area contributed by atoms with E-state index in [0.717, 1.165) is 5.69 Å². The quantitative estimate of drug-likeness (QED) is 0.612. The lowest BCUT2D eigenvalue weighted by molar-refractivity contribution is -0.114. The zero-order chi connectivity index (χ0) is 20.2. The fourth-order valence-corrected chi connectivity index (χ4v) is 2.68. The molecule has 2 aromatic carbocycles. The summed E-state index contributed by atoms with van der Waals surface area (Å²) in [7, 11) is 0. The maximum absolute atomic E-state index is 12.4. The second kappa shape index (κ2) is 7.85. The highest BCUT2D eigenvalue weighted by Gasteiger charge is 2.16. The first kappa shape index (κ1) is 18.2. The maximum Gasteiger partial charge on any atom is 0.257 e. The van der Waals surface area contributed by atoms with E-state index in [2.05, 4.69) is 26.1 Å². The number of nitrogens with one attached hydrogen (secondary N) is 3. The van der Waals surface area contributed by atoms with E-state index < -0.39 is 0 Å². The summed E-state index contributed by atoms with van der Waals surface area (Å²) in [5.74, 6) is 1.52. The number of hydrogen-bond acceptors (Lipinski definition) is 7. The van der Waals surface area contributed by atoms with Crippen LogP contribution in [0.3, 0.4) is 0 Å². The highest BCUT2D eigenvalue weighted by molar-refractivity contribution is 6.04. The predicted octanol–water partition coefficient (Wildman–Crippen LogP) is 3.16. The number of carbonyl (C=O) groups is 2. The normalized spacial score (nSPS) is 11.6. The number of ether oxygens (including phenoxy) is 2. The number of fused-ring (bicyclic) bond motifs is 1. The Morgan fingerprint density at radius 1 is 0.828 bits per heavy atom.